The molecule has 1 atom stereocenters. The van der Waals surface area contributed by atoms with Gasteiger partial charge in [0.25, 0.3) is 5.91 Å². The zero-order valence-electron chi connectivity index (χ0n) is 23.3. The summed E-state index contributed by atoms with van der Waals surface area (Å²) in [6, 6.07) is 14.9. The number of piperazine rings is 1. The maximum atomic E-state index is 14.2. The molecule has 6 rings (SSSR count). The highest BCUT2D eigenvalue weighted by Crippen LogP contribution is 2.33. The third kappa shape index (κ3) is 5.26. The fourth-order valence-corrected chi connectivity index (χ4v) is 7.72. The predicted octanol–water partition coefficient (Wildman–Crippen LogP) is 4.70. The summed E-state index contributed by atoms with van der Waals surface area (Å²) < 4.78 is 31.7. The molecule has 2 fully saturated rings. The van der Waals surface area contributed by atoms with Gasteiger partial charge in [-0.05, 0) is 68.3 Å². The maximum Gasteiger partial charge on any atom is 0.254 e. The molecule has 2 aliphatic rings. The third-order valence-corrected chi connectivity index (χ3v) is 10.1. The number of methoxy groups -OCH3 is 1. The van der Waals surface area contributed by atoms with Crippen molar-refractivity contribution >= 4 is 44.1 Å². The van der Waals surface area contributed by atoms with E-state index >= 15 is 0 Å². The molecule has 1 unspecified atom stereocenters. The number of sulfone groups is 1. The molecule has 0 radical (unpaired) electrons. The molecule has 0 spiro atoms. The average molecular weight is 594 g/mol. The Morgan fingerprint density at radius 3 is 2.41 bits per heavy atom. The van der Waals surface area contributed by atoms with Crippen molar-refractivity contribution in [1.29, 1.82) is 0 Å². The minimum atomic E-state index is -3.14. The number of amides is 1. The number of rotatable bonds is 5. The summed E-state index contributed by atoms with van der Waals surface area (Å²) in [6.07, 6.45) is 0.473. The summed E-state index contributed by atoms with van der Waals surface area (Å²) in [5.74, 6) is 0.775. The van der Waals surface area contributed by atoms with Crippen molar-refractivity contribution < 1.29 is 17.9 Å². The molecule has 2 saturated heterocycles. The number of benzene rings is 2. The lowest BCUT2D eigenvalue weighted by Crippen LogP contribution is -2.49. The summed E-state index contributed by atoms with van der Waals surface area (Å²) in [5.41, 5.74) is 5.40. The summed E-state index contributed by atoms with van der Waals surface area (Å²) >= 11 is 6.27. The Hall–Kier alpha value is -3.63. The highest BCUT2D eigenvalue weighted by atomic mass is 35.5. The number of aryl methyl sites for hydroxylation is 2. The summed E-state index contributed by atoms with van der Waals surface area (Å²) in [4.78, 5) is 23.2. The molecule has 2 aromatic heterocycles. The van der Waals surface area contributed by atoms with Gasteiger partial charge >= 0.3 is 0 Å². The third-order valence-electron chi connectivity index (χ3n) is 8.09. The van der Waals surface area contributed by atoms with E-state index in [4.69, 9.17) is 26.4 Å². The highest BCUT2D eigenvalue weighted by molar-refractivity contribution is 7.91. The molecule has 0 aliphatic carbocycles. The molecule has 4 heterocycles. The molecule has 2 aromatic carbocycles. The number of aromatic nitrogens is 3. The van der Waals surface area contributed by atoms with Gasteiger partial charge < -0.3 is 14.5 Å². The van der Waals surface area contributed by atoms with E-state index in [1.807, 2.05) is 60.4 Å². The van der Waals surface area contributed by atoms with Crippen molar-refractivity contribution in [2.24, 2.45) is 0 Å². The number of hydrogen-bond acceptors (Lipinski definition) is 7. The average Bonchev–Trinajstić information content (AvgIpc) is 3.51. The Morgan fingerprint density at radius 2 is 1.76 bits per heavy atom. The second-order valence-corrected chi connectivity index (χ2v) is 13.4. The molecule has 41 heavy (non-hydrogen) atoms. The van der Waals surface area contributed by atoms with E-state index in [-0.39, 0.29) is 23.5 Å². The number of nitrogens with zero attached hydrogens (tertiary/aromatic N) is 5. The second kappa shape index (κ2) is 10.6. The van der Waals surface area contributed by atoms with E-state index in [0.29, 0.717) is 65.6 Å². The van der Waals surface area contributed by atoms with Crippen molar-refractivity contribution in [3.63, 3.8) is 0 Å². The Bertz CT molecular complexity index is 1750. The van der Waals surface area contributed by atoms with Crippen LogP contribution in [0.1, 0.15) is 34.1 Å². The molecular formula is C30H32ClN5O4S. The number of fused-ring (bicyclic) bond motifs is 1. The molecule has 0 bridgehead atoms. The molecular weight excluding hydrogens is 562 g/mol. The van der Waals surface area contributed by atoms with Gasteiger partial charge in [0.05, 0.1) is 47.0 Å². The summed E-state index contributed by atoms with van der Waals surface area (Å²) in [7, 11) is -1.53. The number of halogens is 1. The molecule has 2 aliphatic heterocycles. The normalized spacial score (nSPS) is 18.7. The fourth-order valence-electron chi connectivity index (χ4n) is 5.86. The molecule has 4 aromatic rings. The first-order chi connectivity index (χ1) is 19.6. The summed E-state index contributed by atoms with van der Waals surface area (Å²) in [5, 5.41) is 6.10. The molecule has 0 N–H and O–H groups in total. The maximum absolute atomic E-state index is 14.2. The molecule has 11 heteroatoms. The predicted molar refractivity (Wildman–Crippen MR) is 161 cm³/mol. The number of carbonyl (C=O) groups excluding carboxylic acids is 1. The van der Waals surface area contributed by atoms with Crippen LogP contribution in [0.3, 0.4) is 0 Å². The van der Waals surface area contributed by atoms with Gasteiger partial charge in [0, 0.05) is 42.5 Å². The van der Waals surface area contributed by atoms with E-state index < -0.39 is 9.84 Å². The minimum Gasteiger partial charge on any atom is -0.497 e. The minimum absolute atomic E-state index is 0.0197. The van der Waals surface area contributed by atoms with Gasteiger partial charge in [0.1, 0.15) is 5.75 Å². The monoisotopic (exact) mass is 593 g/mol. The van der Waals surface area contributed by atoms with E-state index in [1.54, 1.807) is 11.8 Å². The van der Waals surface area contributed by atoms with E-state index in [2.05, 4.69) is 11.8 Å². The first-order valence-electron chi connectivity index (χ1n) is 13.7. The van der Waals surface area contributed by atoms with Crippen LogP contribution in [0.2, 0.25) is 5.02 Å². The molecule has 214 valence electrons. The van der Waals surface area contributed by atoms with Gasteiger partial charge in [0.15, 0.2) is 15.5 Å². The van der Waals surface area contributed by atoms with E-state index in [9.17, 15) is 13.2 Å². The zero-order chi connectivity index (χ0) is 28.9. The fraction of sp³-hybridized carbons (Fsp3) is 0.367. The lowest BCUT2D eigenvalue weighted by Gasteiger charge is -2.37. The number of carbonyl (C=O) groups is 1. The SMILES string of the molecule is COc1ccc(-c2cc(C(=O)N3CCN(c4cc(Cl)ccc4C)CC3)c3c(C)nn(C4CCS(=O)(=O)C4)c3n2)cc1. The first-order valence-corrected chi connectivity index (χ1v) is 15.9. The smallest absolute Gasteiger partial charge is 0.254 e. The van der Waals surface area contributed by atoms with Crippen molar-refractivity contribution in [2.45, 2.75) is 26.3 Å². The van der Waals surface area contributed by atoms with Gasteiger partial charge in [-0.1, -0.05) is 17.7 Å². The van der Waals surface area contributed by atoms with Crippen molar-refractivity contribution in [3.8, 4) is 17.0 Å². The van der Waals surface area contributed by atoms with Crippen LogP contribution >= 0.6 is 11.6 Å². The van der Waals surface area contributed by atoms with Gasteiger partial charge in [-0.2, -0.15) is 5.10 Å². The van der Waals surface area contributed by atoms with Crippen LogP contribution in [0.25, 0.3) is 22.3 Å². The Kier molecular flexibility index (Phi) is 7.15. The van der Waals surface area contributed by atoms with Crippen LogP contribution in [0.4, 0.5) is 5.69 Å². The second-order valence-electron chi connectivity index (χ2n) is 10.8. The van der Waals surface area contributed by atoms with Crippen molar-refractivity contribution in [2.75, 3.05) is 49.7 Å². The van der Waals surface area contributed by atoms with Gasteiger partial charge in [-0.3, -0.25) is 4.79 Å². The van der Waals surface area contributed by atoms with Crippen LogP contribution in [-0.4, -0.2) is 78.8 Å². The van der Waals surface area contributed by atoms with Gasteiger partial charge in [-0.15, -0.1) is 0 Å². The van der Waals surface area contributed by atoms with Crippen molar-refractivity contribution in [3.05, 3.63) is 70.4 Å². The van der Waals surface area contributed by atoms with Crippen LogP contribution in [-0.2, 0) is 9.84 Å². The lowest BCUT2D eigenvalue weighted by molar-refractivity contribution is 0.0748. The topological polar surface area (TPSA) is 97.6 Å². The van der Waals surface area contributed by atoms with E-state index in [1.165, 1.54) is 0 Å². The Morgan fingerprint density at radius 1 is 1.02 bits per heavy atom. The lowest BCUT2D eigenvalue weighted by atomic mass is 10.0. The molecule has 9 nitrogen and oxygen atoms in total. The standard InChI is InChI=1S/C30H32ClN5O4S/c1-19-4-7-22(31)16-27(19)34-11-13-35(14-12-34)30(37)25-17-26(21-5-8-24(40-3)9-6-21)32-29-28(25)20(2)33-36(29)23-10-15-41(38,39)18-23/h4-9,16-17,23H,10-15,18H2,1-3H3. The largest absolute Gasteiger partial charge is 0.497 e. The van der Waals surface area contributed by atoms with Crippen LogP contribution in [0, 0.1) is 13.8 Å². The number of anilines is 1. The number of ether oxygens (including phenoxy) is 1. The molecule has 1 amide bonds. The van der Waals surface area contributed by atoms with Crippen LogP contribution < -0.4 is 9.64 Å². The van der Waals surface area contributed by atoms with Crippen molar-refractivity contribution in [1.82, 2.24) is 19.7 Å². The first kappa shape index (κ1) is 27.5. The quantitative estimate of drug-likeness (QED) is 0.331. The summed E-state index contributed by atoms with van der Waals surface area (Å²) in [6.45, 7) is 6.40. The van der Waals surface area contributed by atoms with Gasteiger partial charge in [0.2, 0.25) is 0 Å². The van der Waals surface area contributed by atoms with Crippen LogP contribution in [0.5, 0.6) is 5.75 Å². The number of pyridine rings is 1. The Labute approximate surface area is 244 Å². The highest BCUT2D eigenvalue weighted by Gasteiger charge is 2.33. The van der Waals surface area contributed by atoms with E-state index in [0.717, 1.165) is 22.6 Å². The van der Waals surface area contributed by atoms with Crippen LogP contribution in [0.15, 0.2) is 48.5 Å². The Balaban J connectivity index is 1.38. The van der Waals surface area contributed by atoms with Gasteiger partial charge in [-0.25, -0.2) is 18.1 Å². The number of hydrogen-bond donors (Lipinski definition) is 0. The zero-order valence-corrected chi connectivity index (χ0v) is 24.9. The molecule has 0 saturated carbocycles.